The summed E-state index contributed by atoms with van der Waals surface area (Å²) in [4.78, 5) is 25.3. The van der Waals surface area contributed by atoms with E-state index in [1.165, 1.54) is 0 Å². The maximum atomic E-state index is 11.9. The van der Waals surface area contributed by atoms with Crippen LogP contribution in [0.25, 0.3) is 0 Å². The maximum Gasteiger partial charge on any atom is 0.251 e. The molecule has 1 atom stereocenters. The van der Waals surface area contributed by atoms with E-state index in [0.29, 0.717) is 0 Å². The number of carbonyl (C=O) groups excluding carboxylic acids is 2. The highest BCUT2D eigenvalue weighted by Gasteiger charge is 2.41. The Balaban J connectivity index is 2.42. The number of carbonyl (C=O) groups is 2. The second-order valence-corrected chi connectivity index (χ2v) is 6.26. The molecular weight excluding hydrogens is 324 g/mol. The second-order valence-electron chi connectivity index (χ2n) is 5.40. The Hall–Kier alpha value is -1.40. The average Bonchev–Trinajstić information content (AvgIpc) is 2.33. The van der Waals surface area contributed by atoms with Crippen LogP contribution in [0, 0.1) is 0 Å². The lowest BCUT2D eigenvalue weighted by Gasteiger charge is -2.42. The van der Waals surface area contributed by atoms with Crippen LogP contribution >= 0.6 is 15.9 Å². The van der Waals surface area contributed by atoms with E-state index in [0.717, 1.165) is 15.7 Å². The molecular formula is C14H17BrN2O3. The molecule has 0 radical (unpaired) electrons. The highest BCUT2D eigenvalue weighted by Crippen LogP contribution is 2.32. The van der Waals surface area contributed by atoms with Gasteiger partial charge in [-0.15, -0.1) is 0 Å². The van der Waals surface area contributed by atoms with Crippen molar-refractivity contribution in [2.24, 2.45) is 0 Å². The lowest BCUT2D eigenvalue weighted by molar-refractivity contribution is -0.135. The van der Waals surface area contributed by atoms with E-state index in [1.807, 2.05) is 6.07 Å². The Bertz CT molecular complexity index is 570. The first-order valence-corrected chi connectivity index (χ1v) is 7.12. The molecule has 6 heteroatoms. The van der Waals surface area contributed by atoms with Gasteiger partial charge < -0.3 is 10.0 Å². The fourth-order valence-electron chi connectivity index (χ4n) is 2.22. The highest BCUT2D eigenvalue weighted by molar-refractivity contribution is 9.10. The van der Waals surface area contributed by atoms with Crippen LogP contribution in [0.4, 0.5) is 5.69 Å². The van der Waals surface area contributed by atoms with Gasteiger partial charge >= 0.3 is 0 Å². The standard InChI is InChI=1S/C14H17BrN2O3/c1-8(18)10-5-4-9(6-11(10)15)17-7-12(19)16-13(20)14(17,2)3/h4-6,8,18H,7H2,1-3H3,(H,16,19,20)/t8-/m1/s1. The molecule has 1 aromatic rings. The topological polar surface area (TPSA) is 69.6 Å². The van der Waals surface area contributed by atoms with Crippen LogP contribution in [-0.2, 0) is 9.59 Å². The minimum Gasteiger partial charge on any atom is -0.389 e. The van der Waals surface area contributed by atoms with E-state index in [9.17, 15) is 14.7 Å². The maximum absolute atomic E-state index is 11.9. The number of amides is 2. The fraction of sp³-hybridized carbons (Fsp3) is 0.429. The molecule has 108 valence electrons. The van der Waals surface area contributed by atoms with Crippen LogP contribution in [0.3, 0.4) is 0 Å². The van der Waals surface area contributed by atoms with Crippen molar-refractivity contribution in [3.8, 4) is 0 Å². The van der Waals surface area contributed by atoms with Crippen molar-refractivity contribution in [1.29, 1.82) is 0 Å². The number of nitrogens with one attached hydrogen (secondary N) is 1. The third-order valence-electron chi connectivity index (χ3n) is 3.53. The van der Waals surface area contributed by atoms with Gasteiger partial charge in [0.25, 0.3) is 5.91 Å². The molecule has 0 aromatic heterocycles. The third-order valence-corrected chi connectivity index (χ3v) is 4.22. The number of piperazine rings is 1. The van der Waals surface area contributed by atoms with Gasteiger partial charge in [0.2, 0.25) is 5.91 Å². The number of anilines is 1. The van der Waals surface area contributed by atoms with Crippen LogP contribution in [0.1, 0.15) is 32.4 Å². The lowest BCUT2D eigenvalue weighted by atomic mass is 9.97. The Morgan fingerprint density at radius 3 is 2.60 bits per heavy atom. The number of nitrogens with zero attached hydrogens (tertiary/aromatic N) is 1. The van der Waals surface area contributed by atoms with Crippen molar-refractivity contribution >= 4 is 33.4 Å². The minimum absolute atomic E-state index is 0.124. The van der Waals surface area contributed by atoms with Crippen molar-refractivity contribution in [3.05, 3.63) is 28.2 Å². The smallest absolute Gasteiger partial charge is 0.251 e. The zero-order chi connectivity index (χ0) is 15.1. The minimum atomic E-state index is -0.806. The molecule has 1 saturated heterocycles. The summed E-state index contributed by atoms with van der Waals surface area (Å²) in [7, 11) is 0. The molecule has 1 aliphatic heterocycles. The molecule has 0 saturated carbocycles. The van der Waals surface area contributed by atoms with Gasteiger partial charge in [-0.05, 0) is 38.5 Å². The normalized spacial score (nSPS) is 19.8. The predicted octanol–water partition coefficient (Wildman–Crippen LogP) is 1.74. The van der Waals surface area contributed by atoms with E-state index >= 15 is 0 Å². The molecule has 0 bridgehead atoms. The number of benzene rings is 1. The summed E-state index contributed by atoms with van der Waals surface area (Å²) in [6.45, 7) is 5.34. The van der Waals surface area contributed by atoms with E-state index in [4.69, 9.17) is 0 Å². The first-order valence-electron chi connectivity index (χ1n) is 6.33. The second kappa shape index (κ2) is 5.18. The van der Waals surface area contributed by atoms with Crippen molar-refractivity contribution in [2.45, 2.75) is 32.4 Å². The Morgan fingerprint density at radius 1 is 1.40 bits per heavy atom. The third kappa shape index (κ3) is 2.58. The molecule has 0 unspecified atom stereocenters. The van der Waals surface area contributed by atoms with Gasteiger partial charge in [-0.3, -0.25) is 14.9 Å². The average molecular weight is 341 g/mol. The zero-order valence-corrected chi connectivity index (χ0v) is 13.2. The molecule has 2 N–H and O–H groups in total. The van der Waals surface area contributed by atoms with Gasteiger partial charge in [-0.25, -0.2) is 0 Å². The molecule has 20 heavy (non-hydrogen) atoms. The number of imide groups is 1. The lowest BCUT2D eigenvalue weighted by Crippen LogP contribution is -2.64. The van der Waals surface area contributed by atoms with Crippen molar-refractivity contribution in [1.82, 2.24) is 5.32 Å². The summed E-state index contributed by atoms with van der Waals surface area (Å²) in [5.74, 6) is -0.630. The summed E-state index contributed by atoms with van der Waals surface area (Å²) >= 11 is 3.41. The van der Waals surface area contributed by atoms with Gasteiger partial charge in [-0.1, -0.05) is 22.0 Å². The molecule has 0 aliphatic carbocycles. The number of rotatable bonds is 2. The van der Waals surface area contributed by atoms with E-state index < -0.39 is 11.6 Å². The molecule has 0 spiro atoms. The van der Waals surface area contributed by atoms with Crippen LogP contribution in [0.5, 0.6) is 0 Å². The quantitative estimate of drug-likeness (QED) is 0.804. The molecule has 1 fully saturated rings. The summed E-state index contributed by atoms with van der Waals surface area (Å²) in [5.41, 5.74) is 0.716. The molecule has 1 aliphatic rings. The van der Waals surface area contributed by atoms with Gasteiger partial charge in [0, 0.05) is 10.2 Å². The Kier molecular flexibility index (Phi) is 3.88. The van der Waals surface area contributed by atoms with Crippen LogP contribution in [0.2, 0.25) is 0 Å². The predicted molar refractivity (Wildman–Crippen MR) is 79.4 cm³/mol. The molecule has 1 aromatic carbocycles. The van der Waals surface area contributed by atoms with E-state index in [2.05, 4.69) is 21.2 Å². The van der Waals surface area contributed by atoms with E-state index in [1.54, 1.807) is 37.8 Å². The summed E-state index contributed by atoms with van der Waals surface area (Å²) in [6, 6.07) is 5.41. The van der Waals surface area contributed by atoms with Gasteiger partial charge in [0.1, 0.15) is 5.54 Å². The fourth-order valence-corrected chi connectivity index (χ4v) is 2.92. The molecule has 2 amide bonds. The van der Waals surface area contributed by atoms with Crippen molar-refractivity contribution < 1.29 is 14.7 Å². The van der Waals surface area contributed by atoms with Crippen molar-refractivity contribution in [3.63, 3.8) is 0 Å². The number of hydrogen-bond acceptors (Lipinski definition) is 4. The van der Waals surface area contributed by atoms with Crippen LogP contribution in [0.15, 0.2) is 22.7 Å². The summed E-state index contributed by atoms with van der Waals surface area (Å²) in [6.07, 6.45) is -0.585. The molecule has 1 heterocycles. The van der Waals surface area contributed by atoms with Crippen LogP contribution < -0.4 is 10.2 Å². The zero-order valence-electron chi connectivity index (χ0n) is 11.6. The summed E-state index contributed by atoms with van der Waals surface area (Å²) in [5, 5.41) is 12.0. The first kappa shape index (κ1) is 15.0. The number of halogens is 1. The Morgan fingerprint density at radius 2 is 2.05 bits per heavy atom. The molecule has 5 nitrogen and oxygen atoms in total. The van der Waals surface area contributed by atoms with Gasteiger partial charge in [0.05, 0.1) is 12.6 Å². The van der Waals surface area contributed by atoms with Gasteiger partial charge in [-0.2, -0.15) is 0 Å². The van der Waals surface area contributed by atoms with Crippen molar-refractivity contribution in [2.75, 3.05) is 11.4 Å². The number of aliphatic hydroxyl groups excluding tert-OH is 1. The highest BCUT2D eigenvalue weighted by atomic mass is 79.9. The largest absolute Gasteiger partial charge is 0.389 e. The van der Waals surface area contributed by atoms with Crippen LogP contribution in [-0.4, -0.2) is 29.0 Å². The summed E-state index contributed by atoms with van der Waals surface area (Å²) < 4.78 is 0.749. The number of aliphatic hydroxyl groups is 1. The number of hydrogen-bond donors (Lipinski definition) is 2. The molecule has 2 rings (SSSR count). The SMILES string of the molecule is C[C@@H](O)c1ccc(N2CC(=O)NC(=O)C2(C)C)cc1Br. The first-order chi connectivity index (χ1) is 9.23. The van der Waals surface area contributed by atoms with E-state index in [-0.39, 0.29) is 18.4 Å². The monoisotopic (exact) mass is 340 g/mol. The van der Waals surface area contributed by atoms with Gasteiger partial charge in [0.15, 0.2) is 0 Å². The Labute approximate surface area is 126 Å².